The van der Waals surface area contributed by atoms with Crippen LogP contribution in [-0.2, 0) is 0 Å². The van der Waals surface area contributed by atoms with E-state index in [4.69, 9.17) is 20.9 Å². The first-order valence-corrected chi connectivity index (χ1v) is 9.33. The summed E-state index contributed by atoms with van der Waals surface area (Å²) in [7, 11) is 0. The van der Waals surface area contributed by atoms with Crippen LogP contribution in [-0.4, -0.2) is 0 Å². The number of rotatable bonds is 6. The Morgan fingerprint density at radius 3 is 1.73 bits per heavy atom. The zero-order valence-electron chi connectivity index (χ0n) is 16.1. The third-order valence-electron chi connectivity index (χ3n) is 4.18. The van der Waals surface area contributed by atoms with Crippen molar-refractivity contribution in [1.29, 1.82) is 0 Å². The molecular formula is C24H20N4O2. The van der Waals surface area contributed by atoms with E-state index >= 15 is 0 Å². The van der Waals surface area contributed by atoms with E-state index < -0.39 is 0 Å². The largest absolute Gasteiger partial charge is 0.457 e. The summed E-state index contributed by atoms with van der Waals surface area (Å²) >= 11 is 0. The van der Waals surface area contributed by atoms with E-state index in [-0.39, 0.29) is 0 Å². The Morgan fingerprint density at radius 1 is 0.533 bits per heavy atom. The van der Waals surface area contributed by atoms with Gasteiger partial charge in [-0.2, -0.15) is 5.11 Å². The lowest BCUT2D eigenvalue weighted by atomic mass is 10.2. The molecule has 0 aliphatic carbocycles. The molecule has 0 atom stereocenters. The number of nitrogens with two attached hydrogens (primary N) is 2. The van der Waals surface area contributed by atoms with Crippen LogP contribution in [0.2, 0.25) is 0 Å². The van der Waals surface area contributed by atoms with Crippen LogP contribution in [0.15, 0.2) is 107 Å². The number of azo groups is 1. The molecule has 4 rings (SSSR count). The molecule has 4 N–H and O–H groups in total. The Hall–Kier alpha value is -4.32. The van der Waals surface area contributed by atoms with Gasteiger partial charge in [0.15, 0.2) is 5.75 Å². The van der Waals surface area contributed by atoms with E-state index in [0.717, 1.165) is 5.69 Å². The highest BCUT2D eigenvalue weighted by Crippen LogP contribution is 2.37. The Labute approximate surface area is 174 Å². The first-order chi connectivity index (χ1) is 14.7. The van der Waals surface area contributed by atoms with Crippen molar-refractivity contribution in [3.63, 3.8) is 0 Å². The van der Waals surface area contributed by atoms with Gasteiger partial charge in [0.1, 0.15) is 22.9 Å². The average Bonchev–Trinajstić information content (AvgIpc) is 2.77. The Bertz CT molecular complexity index is 1140. The average molecular weight is 396 g/mol. The number of hydrogen-bond acceptors (Lipinski definition) is 6. The van der Waals surface area contributed by atoms with Gasteiger partial charge in [-0.25, -0.2) is 0 Å². The molecule has 6 heteroatoms. The van der Waals surface area contributed by atoms with Gasteiger partial charge in [0.05, 0.1) is 5.69 Å². The van der Waals surface area contributed by atoms with E-state index in [0.29, 0.717) is 40.1 Å². The molecule has 0 aliphatic heterocycles. The predicted molar refractivity (Wildman–Crippen MR) is 119 cm³/mol. The van der Waals surface area contributed by atoms with Gasteiger partial charge in [-0.1, -0.05) is 18.2 Å². The molecular weight excluding hydrogens is 376 g/mol. The molecule has 0 saturated heterocycles. The van der Waals surface area contributed by atoms with Crippen LogP contribution >= 0.6 is 0 Å². The van der Waals surface area contributed by atoms with Gasteiger partial charge >= 0.3 is 0 Å². The van der Waals surface area contributed by atoms with Gasteiger partial charge in [-0.15, -0.1) is 5.11 Å². The third kappa shape index (κ3) is 4.94. The van der Waals surface area contributed by atoms with Crippen molar-refractivity contribution < 1.29 is 9.47 Å². The molecule has 0 spiro atoms. The fourth-order valence-corrected chi connectivity index (χ4v) is 2.66. The van der Waals surface area contributed by atoms with Crippen LogP contribution in [0.4, 0.5) is 22.7 Å². The molecule has 0 fully saturated rings. The van der Waals surface area contributed by atoms with E-state index in [9.17, 15) is 0 Å². The maximum atomic E-state index is 6.04. The van der Waals surface area contributed by atoms with Crippen molar-refractivity contribution in [3.8, 4) is 23.0 Å². The number of hydrogen-bond donors (Lipinski definition) is 2. The van der Waals surface area contributed by atoms with Gasteiger partial charge in [0.2, 0.25) is 0 Å². The highest BCUT2D eigenvalue weighted by atomic mass is 16.5. The molecule has 4 aromatic rings. The van der Waals surface area contributed by atoms with Crippen molar-refractivity contribution in [2.75, 3.05) is 11.5 Å². The minimum Gasteiger partial charge on any atom is -0.457 e. The quantitative estimate of drug-likeness (QED) is 0.275. The summed E-state index contributed by atoms with van der Waals surface area (Å²) in [6.07, 6.45) is 0. The molecule has 0 aromatic heterocycles. The molecule has 0 saturated carbocycles. The van der Waals surface area contributed by atoms with Crippen molar-refractivity contribution in [1.82, 2.24) is 0 Å². The number of nitrogen functional groups attached to an aromatic ring is 2. The predicted octanol–water partition coefficient (Wildman–Crippen LogP) is 6.85. The molecule has 6 nitrogen and oxygen atoms in total. The normalized spacial score (nSPS) is 10.8. The van der Waals surface area contributed by atoms with Crippen molar-refractivity contribution in [2.24, 2.45) is 10.2 Å². The van der Waals surface area contributed by atoms with Gasteiger partial charge in [0.25, 0.3) is 0 Å². The Balaban J connectivity index is 1.64. The van der Waals surface area contributed by atoms with Gasteiger partial charge in [-0.05, 0) is 72.8 Å². The van der Waals surface area contributed by atoms with E-state index in [2.05, 4.69) is 10.2 Å². The highest BCUT2D eigenvalue weighted by Gasteiger charge is 2.09. The molecule has 0 heterocycles. The molecule has 0 radical (unpaired) electrons. The van der Waals surface area contributed by atoms with E-state index in [1.165, 1.54) is 0 Å². The van der Waals surface area contributed by atoms with Gasteiger partial charge < -0.3 is 20.9 Å². The minimum absolute atomic E-state index is 0.507. The van der Waals surface area contributed by atoms with Crippen LogP contribution in [0.1, 0.15) is 0 Å². The lowest BCUT2D eigenvalue weighted by Crippen LogP contribution is -1.90. The molecule has 148 valence electrons. The lowest BCUT2D eigenvalue weighted by molar-refractivity contribution is 0.461. The molecule has 4 aromatic carbocycles. The van der Waals surface area contributed by atoms with Crippen molar-refractivity contribution in [2.45, 2.75) is 0 Å². The van der Waals surface area contributed by atoms with Crippen LogP contribution < -0.4 is 20.9 Å². The maximum absolute atomic E-state index is 6.04. The Kier molecular flexibility index (Phi) is 5.57. The summed E-state index contributed by atoms with van der Waals surface area (Å²) < 4.78 is 12.0. The van der Waals surface area contributed by atoms with E-state index in [1.807, 2.05) is 36.4 Å². The summed E-state index contributed by atoms with van der Waals surface area (Å²) in [6, 6.07) is 29.2. The summed E-state index contributed by atoms with van der Waals surface area (Å²) in [5.74, 6) is 2.41. The smallest absolute Gasteiger partial charge is 0.158 e. The summed E-state index contributed by atoms with van der Waals surface area (Å²) in [4.78, 5) is 0. The maximum Gasteiger partial charge on any atom is 0.158 e. The standard InChI is InChI=1S/C24H20N4O2/c25-17-6-10-20(11-7-17)29-22-14-15-23(28-27-19-4-2-1-3-5-19)24(16-22)30-21-12-8-18(26)9-13-21/h1-16H,25-26H2. The summed E-state index contributed by atoms with van der Waals surface area (Å²) in [5.41, 5.74) is 14.1. The van der Waals surface area contributed by atoms with Crippen LogP contribution in [0.5, 0.6) is 23.0 Å². The van der Waals surface area contributed by atoms with Crippen LogP contribution in [0, 0.1) is 0 Å². The van der Waals surface area contributed by atoms with Gasteiger partial charge in [0, 0.05) is 17.4 Å². The topological polar surface area (TPSA) is 95.2 Å². The van der Waals surface area contributed by atoms with E-state index in [1.54, 1.807) is 60.7 Å². The molecule has 0 aliphatic rings. The second-order valence-electron chi connectivity index (χ2n) is 6.51. The zero-order chi connectivity index (χ0) is 20.8. The van der Waals surface area contributed by atoms with Crippen LogP contribution in [0.25, 0.3) is 0 Å². The fourth-order valence-electron chi connectivity index (χ4n) is 2.66. The van der Waals surface area contributed by atoms with Crippen LogP contribution in [0.3, 0.4) is 0 Å². The number of ether oxygens (including phenoxy) is 2. The minimum atomic E-state index is 0.507. The highest BCUT2D eigenvalue weighted by molar-refractivity contribution is 5.57. The Morgan fingerprint density at radius 2 is 1.10 bits per heavy atom. The monoisotopic (exact) mass is 396 g/mol. The third-order valence-corrected chi connectivity index (χ3v) is 4.18. The van der Waals surface area contributed by atoms with Gasteiger partial charge in [-0.3, -0.25) is 0 Å². The number of anilines is 2. The lowest BCUT2D eigenvalue weighted by Gasteiger charge is -2.11. The van der Waals surface area contributed by atoms with Crippen molar-refractivity contribution in [3.05, 3.63) is 97.1 Å². The molecule has 0 unspecified atom stereocenters. The van der Waals surface area contributed by atoms with Crippen molar-refractivity contribution >= 4 is 22.7 Å². The molecule has 0 amide bonds. The number of benzene rings is 4. The zero-order valence-corrected chi connectivity index (χ0v) is 16.1. The second-order valence-corrected chi connectivity index (χ2v) is 6.51. The number of nitrogens with zero attached hydrogens (tertiary/aromatic N) is 2. The first-order valence-electron chi connectivity index (χ1n) is 9.33. The molecule has 30 heavy (non-hydrogen) atoms. The fraction of sp³-hybridized carbons (Fsp3) is 0. The first kappa shape index (κ1) is 19.0. The summed E-state index contributed by atoms with van der Waals surface area (Å²) in [6.45, 7) is 0. The second kappa shape index (κ2) is 8.79. The SMILES string of the molecule is Nc1ccc(Oc2ccc(N=Nc3ccccc3)c(Oc3ccc(N)cc3)c2)cc1. The summed E-state index contributed by atoms with van der Waals surface area (Å²) in [5, 5.41) is 8.64. The molecule has 0 bridgehead atoms.